The molecule has 6 nitrogen and oxygen atoms in total. The lowest BCUT2D eigenvalue weighted by molar-refractivity contribution is -0.129. The summed E-state index contributed by atoms with van der Waals surface area (Å²) >= 11 is 13.8. The van der Waals surface area contributed by atoms with E-state index in [1.807, 2.05) is 74.7 Å². The first-order valence-electron chi connectivity index (χ1n) is 11.9. The van der Waals surface area contributed by atoms with Crippen LogP contribution in [0.25, 0.3) is 10.9 Å². The van der Waals surface area contributed by atoms with Crippen LogP contribution in [0.2, 0.25) is 10.0 Å². The third-order valence-corrected chi connectivity index (χ3v) is 7.77. The average Bonchev–Trinajstić information content (AvgIpc) is 3.46. The molecule has 2 aromatic carbocycles. The smallest absolute Gasteiger partial charge is 0.262 e. The Kier molecular flexibility index (Phi) is 8.69. The number of hydrogen-bond acceptors (Lipinski definition) is 4. The first kappa shape index (κ1) is 26.9. The molecular weight excluding hydrogens is 527 g/mol. The maximum absolute atomic E-state index is 12.9. The van der Waals surface area contributed by atoms with Crippen molar-refractivity contribution in [3.63, 3.8) is 0 Å². The highest BCUT2D eigenvalue weighted by atomic mass is 35.5. The number of amides is 2. The van der Waals surface area contributed by atoms with Crippen molar-refractivity contribution in [2.24, 2.45) is 11.0 Å². The third kappa shape index (κ3) is 6.42. The monoisotopic (exact) mass is 554 g/mol. The summed E-state index contributed by atoms with van der Waals surface area (Å²) in [5.74, 6) is -0.651. The van der Waals surface area contributed by atoms with Crippen molar-refractivity contribution in [1.29, 1.82) is 0 Å². The van der Waals surface area contributed by atoms with E-state index in [1.54, 1.807) is 12.3 Å². The second-order valence-corrected chi connectivity index (χ2v) is 11.0. The van der Waals surface area contributed by atoms with Gasteiger partial charge in [0.15, 0.2) is 0 Å². The SMILES string of the molecule is Cc1c(C=NNC(=O)[C@H](NC(=O)Cc2cccs2)C(C)C)c2ccccc2n1Cc1ccc(Cl)c(Cl)c1. The quantitative estimate of drug-likeness (QED) is 0.191. The van der Waals surface area contributed by atoms with Crippen molar-refractivity contribution in [2.45, 2.75) is 39.8 Å². The fraction of sp³-hybridized carbons (Fsp3) is 0.250. The van der Waals surface area contributed by atoms with Crippen LogP contribution in [-0.2, 0) is 22.6 Å². The van der Waals surface area contributed by atoms with E-state index in [9.17, 15) is 9.59 Å². The molecule has 0 radical (unpaired) electrons. The molecule has 0 aliphatic carbocycles. The largest absolute Gasteiger partial charge is 0.344 e. The second kappa shape index (κ2) is 11.9. The van der Waals surface area contributed by atoms with Crippen LogP contribution in [0.3, 0.4) is 0 Å². The lowest BCUT2D eigenvalue weighted by atomic mass is 10.0. The van der Waals surface area contributed by atoms with Crippen LogP contribution in [-0.4, -0.2) is 28.6 Å². The highest BCUT2D eigenvalue weighted by Crippen LogP contribution is 2.28. The first-order valence-corrected chi connectivity index (χ1v) is 13.5. The molecule has 37 heavy (non-hydrogen) atoms. The van der Waals surface area contributed by atoms with Gasteiger partial charge in [0, 0.05) is 33.6 Å². The molecule has 4 aromatic rings. The Morgan fingerprint density at radius 3 is 2.57 bits per heavy atom. The van der Waals surface area contributed by atoms with Gasteiger partial charge in [-0.1, -0.05) is 67.4 Å². The van der Waals surface area contributed by atoms with E-state index in [1.165, 1.54) is 11.3 Å². The lowest BCUT2D eigenvalue weighted by Crippen LogP contribution is -2.49. The number of carbonyl (C=O) groups is 2. The van der Waals surface area contributed by atoms with Crippen molar-refractivity contribution < 1.29 is 9.59 Å². The summed E-state index contributed by atoms with van der Waals surface area (Å²) in [4.78, 5) is 26.3. The van der Waals surface area contributed by atoms with Crippen LogP contribution >= 0.6 is 34.5 Å². The molecule has 2 amide bonds. The van der Waals surface area contributed by atoms with E-state index >= 15 is 0 Å². The summed E-state index contributed by atoms with van der Waals surface area (Å²) in [5.41, 5.74) is 6.58. The number of hydrogen-bond donors (Lipinski definition) is 2. The Balaban J connectivity index is 1.51. The molecule has 0 bridgehead atoms. The van der Waals surface area contributed by atoms with Gasteiger partial charge in [0.2, 0.25) is 5.91 Å². The van der Waals surface area contributed by atoms with E-state index in [0.29, 0.717) is 16.6 Å². The summed E-state index contributed by atoms with van der Waals surface area (Å²) in [6.45, 7) is 6.40. The Labute approximate surface area is 230 Å². The van der Waals surface area contributed by atoms with Gasteiger partial charge in [-0.05, 0) is 48.1 Å². The molecule has 2 heterocycles. The molecule has 0 aliphatic rings. The van der Waals surface area contributed by atoms with Crippen molar-refractivity contribution in [3.8, 4) is 0 Å². The summed E-state index contributed by atoms with van der Waals surface area (Å²) in [6, 6.07) is 16.8. The van der Waals surface area contributed by atoms with E-state index in [0.717, 1.165) is 32.6 Å². The molecule has 0 saturated heterocycles. The molecule has 2 aromatic heterocycles. The second-order valence-electron chi connectivity index (χ2n) is 9.13. The molecular formula is C28H28Cl2N4O2S. The van der Waals surface area contributed by atoms with Gasteiger partial charge >= 0.3 is 0 Å². The number of nitrogens with zero attached hydrogens (tertiary/aromatic N) is 2. The maximum Gasteiger partial charge on any atom is 0.262 e. The number of thiophene rings is 1. The summed E-state index contributed by atoms with van der Waals surface area (Å²) in [5, 5.41) is 11.1. The molecule has 4 rings (SSSR count). The predicted molar refractivity (Wildman–Crippen MR) is 153 cm³/mol. The van der Waals surface area contributed by atoms with Gasteiger partial charge in [-0.15, -0.1) is 11.3 Å². The molecule has 1 atom stereocenters. The number of carbonyl (C=O) groups excluding carboxylic acids is 2. The lowest BCUT2D eigenvalue weighted by Gasteiger charge is -2.20. The highest BCUT2D eigenvalue weighted by molar-refractivity contribution is 7.10. The molecule has 0 unspecified atom stereocenters. The number of halogens is 2. The molecule has 0 spiro atoms. The normalized spacial score (nSPS) is 12.4. The van der Waals surface area contributed by atoms with Gasteiger partial charge in [-0.3, -0.25) is 9.59 Å². The van der Waals surface area contributed by atoms with Crippen molar-refractivity contribution in [2.75, 3.05) is 0 Å². The minimum Gasteiger partial charge on any atom is -0.344 e. The van der Waals surface area contributed by atoms with Crippen molar-refractivity contribution >= 4 is 63.5 Å². The Hall–Kier alpha value is -3.13. The van der Waals surface area contributed by atoms with E-state index in [-0.39, 0.29) is 24.2 Å². The summed E-state index contributed by atoms with van der Waals surface area (Å²) < 4.78 is 2.18. The van der Waals surface area contributed by atoms with Gasteiger partial charge in [0.05, 0.1) is 22.7 Å². The zero-order valence-electron chi connectivity index (χ0n) is 20.8. The molecule has 9 heteroatoms. The molecule has 0 aliphatic heterocycles. The van der Waals surface area contributed by atoms with Crippen LogP contribution < -0.4 is 10.7 Å². The molecule has 192 valence electrons. The van der Waals surface area contributed by atoms with Crippen LogP contribution in [0.4, 0.5) is 0 Å². The van der Waals surface area contributed by atoms with E-state index in [2.05, 4.69) is 20.4 Å². The molecule has 0 saturated carbocycles. The van der Waals surface area contributed by atoms with Gasteiger partial charge in [0.25, 0.3) is 5.91 Å². The number of nitrogens with one attached hydrogen (secondary N) is 2. The zero-order chi connectivity index (χ0) is 26.5. The number of para-hydroxylation sites is 1. The average molecular weight is 556 g/mol. The van der Waals surface area contributed by atoms with Gasteiger partial charge in [-0.2, -0.15) is 5.10 Å². The summed E-state index contributed by atoms with van der Waals surface area (Å²) in [7, 11) is 0. The number of rotatable bonds is 9. The number of aromatic nitrogens is 1. The fourth-order valence-electron chi connectivity index (χ4n) is 4.21. The van der Waals surface area contributed by atoms with Crippen LogP contribution in [0.15, 0.2) is 65.1 Å². The number of benzene rings is 2. The number of fused-ring (bicyclic) bond motifs is 1. The topological polar surface area (TPSA) is 75.5 Å². The predicted octanol–water partition coefficient (Wildman–Crippen LogP) is 6.20. The number of hydrazone groups is 1. The van der Waals surface area contributed by atoms with Crippen LogP contribution in [0.5, 0.6) is 0 Å². The Bertz CT molecular complexity index is 1440. The van der Waals surface area contributed by atoms with Gasteiger partial charge < -0.3 is 9.88 Å². The highest BCUT2D eigenvalue weighted by Gasteiger charge is 2.24. The Morgan fingerprint density at radius 1 is 1.08 bits per heavy atom. The van der Waals surface area contributed by atoms with E-state index in [4.69, 9.17) is 23.2 Å². The fourth-order valence-corrected chi connectivity index (χ4v) is 5.23. The molecule has 2 N–H and O–H groups in total. The first-order chi connectivity index (χ1) is 17.7. The molecule has 0 fully saturated rings. The van der Waals surface area contributed by atoms with Gasteiger partial charge in [-0.25, -0.2) is 5.43 Å². The van der Waals surface area contributed by atoms with Crippen LogP contribution in [0, 0.1) is 12.8 Å². The van der Waals surface area contributed by atoms with E-state index < -0.39 is 6.04 Å². The minimum absolute atomic E-state index is 0.0997. The standard InChI is InChI=1S/C28H28Cl2N4O2S/c1-17(2)27(32-26(35)14-20-7-6-12-37-20)28(36)33-31-15-22-18(3)34(25-9-5-4-8-21(22)25)16-19-10-11-23(29)24(30)13-19/h4-13,15,17,27H,14,16H2,1-3H3,(H,32,35)(H,33,36)/t27-/m1/s1. The maximum atomic E-state index is 12.9. The Morgan fingerprint density at radius 2 is 1.86 bits per heavy atom. The summed E-state index contributed by atoms with van der Waals surface area (Å²) in [6.07, 6.45) is 1.90. The zero-order valence-corrected chi connectivity index (χ0v) is 23.1. The van der Waals surface area contributed by atoms with Crippen LogP contribution in [0.1, 0.15) is 35.5 Å². The van der Waals surface area contributed by atoms with Gasteiger partial charge in [0.1, 0.15) is 6.04 Å². The van der Waals surface area contributed by atoms with Crippen molar-refractivity contribution in [1.82, 2.24) is 15.3 Å². The third-order valence-electron chi connectivity index (χ3n) is 6.15. The van der Waals surface area contributed by atoms with Crippen molar-refractivity contribution in [3.05, 3.63) is 91.7 Å². The minimum atomic E-state index is -0.693.